The van der Waals surface area contributed by atoms with Crippen molar-refractivity contribution in [2.24, 2.45) is 4.13 Å². The lowest BCUT2D eigenvalue weighted by Crippen LogP contribution is -1.59. The maximum absolute atomic E-state index is 5.34. The van der Waals surface area contributed by atoms with Gasteiger partial charge < -0.3 is 0 Å². The van der Waals surface area contributed by atoms with Gasteiger partial charge in [-0.2, -0.15) is 4.13 Å². The van der Waals surface area contributed by atoms with Crippen LogP contribution >= 0.6 is 153 Å². The molecule has 0 saturated carbocycles. The molecule has 0 aromatic carbocycles. The molecule has 0 radical (unpaired) electrons. The molecule has 12 atom stereocenters. The van der Waals surface area contributed by atoms with Crippen LogP contribution in [0, 0.1) is 0 Å². The van der Waals surface area contributed by atoms with Crippen LogP contribution in [0.1, 0.15) is 0 Å². The van der Waals surface area contributed by atoms with Crippen molar-refractivity contribution in [3.8, 4) is 0 Å². The summed E-state index contributed by atoms with van der Waals surface area (Å²) in [5, 5.41) is 0. The van der Waals surface area contributed by atoms with E-state index in [4.69, 9.17) is 12.4 Å². The van der Waals surface area contributed by atoms with Gasteiger partial charge in [-0.25, -0.2) is 0 Å². The molecule has 0 N–H and O–H groups in total. The van der Waals surface area contributed by atoms with E-state index in [1.54, 1.807) is 0 Å². The van der Waals surface area contributed by atoms with Gasteiger partial charge in [-0.05, 0) is 41.9 Å². The summed E-state index contributed by atoms with van der Waals surface area (Å²) < 4.78 is 4.61. The summed E-state index contributed by atoms with van der Waals surface area (Å²) in [6.07, 6.45) is 0. The van der Waals surface area contributed by atoms with Gasteiger partial charge in [0.15, 0.2) is 0 Å². The molecule has 12 unspecified atom stereocenters. The van der Waals surface area contributed by atoms with Gasteiger partial charge in [0.2, 0.25) is 0 Å². The third-order valence-electron chi connectivity index (χ3n) is 1.59. The van der Waals surface area contributed by atoms with Crippen LogP contribution in [0.15, 0.2) is 4.13 Å². The SMILES string of the molecule is PP(P)P(P(P)P)P(N=S)P(P(P)P)P(P(P)P)P(P)P. The molecule has 126 valence electrons. The highest BCUT2D eigenvalue weighted by atomic mass is 33.3. The number of hydrogen-bond donors (Lipinski definition) is 0. The van der Waals surface area contributed by atoms with Crippen molar-refractivity contribution in [2.75, 3.05) is 0 Å². The van der Waals surface area contributed by atoms with Crippen LogP contribution in [0.4, 0.5) is 0 Å². The largest absolute Gasteiger partial charge is 0.185 e. The highest BCUT2D eigenvalue weighted by Crippen LogP contribution is 3.27. The smallest absolute Gasteiger partial charge is 0.0990 e. The van der Waals surface area contributed by atoms with E-state index in [9.17, 15) is 0 Å². The van der Waals surface area contributed by atoms with Gasteiger partial charge in [0.05, 0.1) is 7.45 Å². The lowest BCUT2D eigenvalue weighted by atomic mass is 13.9. The second-order valence-corrected chi connectivity index (χ2v) is 77.8. The average Bonchev–Trinajstić information content (AvgIpc) is 2.30. The Balaban J connectivity index is 5.72. The zero-order valence-corrected chi connectivity index (χ0v) is 31.1. The first-order chi connectivity index (χ1) is 9.56. The van der Waals surface area contributed by atoms with Crippen molar-refractivity contribution in [3.05, 3.63) is 0 Å². The average molecular weight is 655 g/mol. The Kier molecular flexibility index (Phi) is 22.1. The second kappa shape index (κ2) is 15.9. The Morgan fingerprint density at radius 1 is 0.476 bits per heavy atom. The van der Waals surface area contributed by atoms with Gasteiger partial charge in [-0.1, -0.05) is 0 Å². The fraction of sp³-hybridized carbons (Fsp3) is 0. The first-order valence-electron chi connectivity index (χ1n) is 4.56. The first-order valence-corrected chi connectivity index (χ1v) is 38.8. The van der Waals surface area contributed by atoms with Gasteiger partial charge in [-0.15, -0.1) is 89.3 Å². The Labute approximate surface area is 167 Å². The van der Waals surface area contributed by atoms with Gasteiger partial charge in [0.1, 0.15) is 0 Å². The zero-order chi connectivity index (χ0) is 16.9. The van der Waals surface area contributed by atoms with E-state index in [1.165, 1.54) is 0 Å². The van der Waals surface area contributed by atoms with E-state index in [2.05, 4.69) is 93.4 Å². The molecule has 1 nitrogen and oxygen atoms in total. The molecule has 21 heavy (non-hydrogen) atoms. The molecule has 0 aromatic heterocycles. The molecule has 0 spiro atoms. The van der Waals surface area contributed by atoms with E-state index in [1.807, 2.05) is 0 Å². The molecule has 0 aliphatic rings. The van der Waals surface area contributed by atoms with Crippen LogP contribution in [0.3, 0.4) is 0 Å². The normalized spacial score (nSPS) is 16.0. The summed E-state index contributed by atoms with van der Waals surface area (Å²) in [5.74, 6) is 0. The van der Waals surface area contributed by atoms with Gasteiger partial charge in [0, 0.05) is 26.4 Å². The predicted octanol–water partition coefficient (Wildman–Crippen LogP) is 11.2. The molecule has 0 aliphatic heterocycles. The van der Waals surface area contributed by atoms with Crippen molar-refractivity contribution in [1.29, 1.82) is 0 Å². The summed E-state index contributed by atoms with van der Waals surface area (Å²) in [7, 11) is 30.4. The quantitative estimate of drug-likeness (QED) is 0.225. The van der Waals surface area contributed by atoms with Gasteiger partial charge >= 0.3 is 0 Å². The lowest BCUT2D eigenvalue weighted by molar-refractivity contribution is 2.10. The fourth-order valence-electron chi connectivity index (χ4n) is 1.00. The van der Waals surface area contributed by atoms with Gasteiger partial charge in [0.25, 0.3) is 0 Å². The summed E-state index contributed by atoms with van der Waals surface area (Å²) in [6.45, 7) is -0.679. The molecule has 0 heterocycles. The standard InChI is InChI=1S/H20NP19S/c2-13(3)18(14(4)5)12(1-21)19(15(6)7)20(16(8)9)17(10)11/h2-11H2. The zero-order valence-electron chi connectivity index (χ0n) is 10.7. The van der Waals surface area contributed by atoms with Crippen LogP contribution in [0.25, 0.3) is 0 Å². The Bertz CT molecular complexity index is 278. The number of rotatable bonds is 9. The lowest BCUT2D eigenvalue weighted by Gasteiger charge is -2.42. The molecule has 0 fully saturated rings. The van der Waals surface area contributed by atoms with Crippen LogP contribution in [0.2, 0.25) is 0 Å². The van der Waals surface area contributed by atoms with Crippen LogP contribution < -0.4 is 0 Å². The van der Waals surface area contributed by atoms with Crippen molar-refractivity contribution in [3.63, 3.8) is 0 Å². The topological polar surface area (TPSA) is 12.4 Å². The van der Waals surface area contributed by atoms with E-state index in [0.29, 0.717) is 0 Å². The number of nitrogens with zero attached hydrogens (tertiary/aromatic N) is 1. The maximum Gasteiger partial charge on any atom is 0.0990 e. The molecule has 0 bridgehead atoms. The first kappa shape index (κ1) is 29.2. The van der Waals surface area contributed by atoms with Crippen LogP contribution in [-0.2, 0) is 12.4 Å². The van der Waals surface area contributed by atoms with E-state index < -0.39 is 0 Å². The molecular formula is H20NP19S. The molecule has 0 rings (SSSR count). The van der Waals surface area contributed by atoms with Crippen molar-refractivity contribution in [2.45, 2.75) is 0 Å². The molecule has 0 aromatic rings. The van der Waals surface area contributed by atoms with Crippen molar-refractivity contribution < 1.29 is 0 Å². The summed E-state index contributed by atoms with van der Waals surface area (Å²) in [4.78, 5) is 0. The highest BCUT2D eigenvalue weighted by molar-refractivity contribution is 9.30. The van der Waals surface area contributed by atoms with Crippen LogP contribution in [0.5, 0.6) is 0 Å². The van der Waals surface area contributed by atoms with Crippen molar-refractivity contribution in [1.82, 2.24) is 0 Å². The van der Waals surface area contributed by atoms with E-state index in [0.717, 1.165) is 0 Å². The Morgan fingerprint density at radius 3 is 0.952 bits per heavy atom. The fourth-order valence-corrected chi connectivity index (χ4v) is 204. The predicted molar refractivity (Wildman–Crippen MR) is 169 cm³/mol. The van der Waals surface area contributed by atoms with Crippen LogP contribution in [-0.4, -0.2) is 0 Å². The third-order valence-corrected chi connectivity index (χ3v) is 116. The van der Waals surface area contributed by atoms with E-state index in [-0.39, 0.29) is 63.3 Å². The monoisotopic (exact) mass is 655 g/mol. The molecule has 21 heteroatoms. The van der Waals surface area contributed by atoms with Gasteiger partial charge in [-0.3, -0.25) is 0 Å². The summed E-state index contributed by atoms with van der Waals surface area (Å²) >= 11 is 5.34. The second-order valence-electron chi connectivity index (χ2n) is 3.06. The Hall–Kier alpha value is 8.19. The van der Waals surface area contributed by atoms with E-state index >= 15 is 0 Å². The minimum Gasteiger partial charge on any atom is -0.185 e. The number of hydrogen-bond acceptors (Lipinski definition) is 2. The minimum absolute atomic E-state index is 0.00700. The highest BCUT2D eigenvalue weighted by Gasteiger charge is 2.42. The summed E-state index contributed by atoms with van der Waals surface area (Å²) in [5.41, 5.74) is 0. The Morgan fingerprint density at radius 2 is 0.762 bits per heavy atom. The molecule has 0 amide bonds. The maximum atomic E-state index is 5.34. The molecule has 0 saturated heterocycles. The third kappa shape index (κ3) is 10.9. The summed E-state index contributed by atoms with van der Waals surface area (Å²) in [6, 6.07) is 0. The minimum atomic E-state index is -0.369. The van der Waals surface area contributed by atoms with Crippen molar-refractivity contribution >= 4 is 165 Å². The molecular weight excluding hydrogens is 635 g/mol. The molecule has 0 aliphatic carbocycles.